The number of imidazole rings is 1. The van der Waals surface area contributed by atoms with Crippen molar-refractivity contribution >= 4 is 40.7 Å². The Labute approximate surface area is 190 Å². The zero-order valence-corrected chi connectivity index (χ0v) is 18.7. The van der Waals surface area contributed by atoms with E-state index in [1.54, 1.807) is 42.2 Å². The number of fused-ring (bicyclic) bond motifs is 1. The number of anilines is 1. The summed E-state index contributed by atoms with van der Waals surface area (Å²) in [5.74, 6) is 0.801. The summed E-state index contributed by atoms with van der Waals surface area (Å²) in [7, 11) is 0. The minimum absolute atomic E-state index is 0.0309. The van der Waals surface area contributed by atoms with Crippen molar-refractivity contribution in [2.75, 3.05) is 30.4 Å². The molecule has 4 rings (SSSR count). The fraction of sp³-hybridized carbons (Fsp3) is 0.348. The highest BCUT2D eigenvalue weighted by atomic mass is 32.2. The maximum atomic E-state index is 12.9. The van der Waals surface area contributed by atoms with Gasteiger partial charge in [-0.15, -0.1) is 0 Å². The number of benzene rings is 1. The standard InChI is InChI=1S/C23H24N6O2S/c1-32-11-10-29-20-19(13-18(15-25-20)22(31)28-8-3-2-4-9-28)26-23(29)27-21(30)17-7-5-6-16(12-17)14-24/h5-7,12-13,15H,2-4,8-11H2,1H3,(H,26,27,30). The van der Waals surface area contributed by atoms with Crippen LogP contribution in [0.1, 0.15) is 45.5 Å². The molecule has 0 radical (unpaired) electrons. The van der Waals surface area contributed by atoms with Crippen LogP contribution in [0.3, 0.4) is 0 Å². The van der Waals surface area contributed by atoms with Crippen molar-refractivity contribution in [3.63, 3.8) is 0 Å². The van der Waals surface area contributed by atoms with E-state index in [1.807, 2.05) is 21.8 Å². The molecule has 0 saturated carbocycles. The second-order valence-electron chi connectivity index (χ2n) is 7.65. The highest BCUT2D eigenvalue weighted by Gasteiger charge is 2.21. The number of likely N-dealkylation sites (tertiary alicyclic amines) is 1. The van der Waals surface area contributed by atoms with Crippen molar-refractivity contribution in [3.8, 4) is 6.07 Å². The topological polar surface area (TPSA) is 104 Å². The zero-order chi connectivity index (χ0) is 22.5. The minimum Gasteiger partial charge on any atom is -0.339 e. The molecular weight excluding hydrogens is 424 g/mol. The largest absolute Gasteiger partial charge is 0.339 e. The number of pyridine rings is 1. The molecule has 0 aliphatic carbocycles. The van der Waals surface area contributed by atoms with E-state index in [0.717, 1.165) is 38.1 Å². The zero-order valence-electron chi connectivity index (χ0n) is 17.9. The Morgan fingerprint density at radius 1 is 1.19 bits per heavy atom. The molecule has 0 atom stereocenters. The first-order valence-electron chi connectivity index (χ1n) is 10.6. The van der Waals surface area contributed by atoms with Crippen LogP contribution in [0.25, 0.3) is 11.2 Å². The Bertz CT molecular complexity index is 1190. The molecule has 9 heteroatoms. The first kappa shape index (κ1) is 21.8. The number of hydrogen-bond donors (Lipinski definition) is 1. The summed E-state index contributed by atoms with van der Waals surface area (Å²) in [4.78, 5) is 36.7. The molecule has 2 amide bonds. The van der Waals surface area contributed by atoms with Crippen molar-refractivity contribution in [2.24, 2.45) is 0 Å². The molecule has 0 bridgehead atoms. The molecular formula is C23H24N6O2S. The van der Waals surface area contributed by atoms with Gasteiger partial charge in [0, 0.05) is 37.1 Å². The van der Waals surface area contributed by atoms with E-state index < -0.39 is 0 Å². The lowest BCUT2D eigenvalue weighted by Gasteiger charge is -2.26. The Kier molecular flexibility index (Phi) is 6.71. The molecule has 1 fully saturated rings. The third-order valence-electron chi connectivity index (χ3n) is 5.47. The molecule has 1 aliphatic rings. The fourth-order valence-corrected chi connectivity index (χ4v) is 4.17. The molecule has 164 valence electrons. The van der Waals surface area contributed by atoms with Crippen LogP contribution in [0.15, 0.2) is 36.5 Å². The van der Waals surface area contributed by atoms with E-state index in [1.165, 1.54) is 6.07 Å². The van der Waals surface area contributed by atoms with Gasteiger partial charge in [0.2, 0.25) is 5.95 Å². The number of nitriles is 1. The second-order valence-corrected chi connectivity index (χ2v) is 8.63. The van der Waals surface area contributed by atoms with Gasteiger partial charge in [0.25, 0.3) is 11.8 Å². The van der Waals surface area contributed by atoms with Crippen LogP contribution in [0.5, 0.6) is 0 Å². The number of nitrogens with zero attached hydrogens (tertiary/aromatic N) is 5. The van der Waals surface area contributed by atoms with Gasteiger partial charge in [-0.1, -0.05) is 6.07 Å². The van der Waals surface area contributed by atoms with Crippen LogP contribution in [-0.4, -0.2) is 56.3 Å². The van der Waals surface area contributed by atoms with E-state index >= 15 is 0 Å². The Morgan fingerprint density at radius 3 is 2.75 bits per heavy atom. The van der Waals surface area contributed by atoms with Gasteiger partial charge in [-0.25, -0.2) is 9.97 Å². The number of aromatic nitrogens is 3. The number of thioether (sulfide) groups is 1. The van der Waals surface area contributed by atoms with Gasteiger partial charge in [-0.2, -0.15) is 17.0 Å². The van der Waals surface area contributed by atoms with Crippen LogP contribution < -0.4 is 5.32 Å². The second kappa shape index (κ2) is 9.83. The summed E-state index contributed by atoms with van der Waals surface area (Å²) in [5.41, 5.74) is 2.48. The lowest BCUT2D eigenvalue weighted by Crippen LogP contribution is -2.35. The van der Waals surface area contributed by atoms with E-state index in [0.29, 0.717) is 40.3 Å². The molecule has 1 N–H and O–H groups in total. The Morgan fingerprint density at radius 2 is 2.00 bits per heavy atom. The number of amides is 2. The van der Waals surface area contributed by atoms with Crippen LogP contribution in [-0.2, 0) is 6.54 Å². The van der Waals surface area contributed by atoms with Crippen molar-refractivity contribution in [3.05, 3.63) is 53.2 Å². The lowest BCUT2D eigenvalue weighted by atomic mass is 10.1. The third kappa shape index (κ3) is 4.60. The van der Waals surface area contributed by atoms with E-state index in [2.05, 4.69) is 15.3 Å². The maximum absolute atomic E-state index is 12.9. The number of nitrogens with one attached hydrogen (secondary N) is 1. The van der Waals surface area contributed by atoms with Gasteiger partial charge < -0.3 is 4.90 Å². The predicted molar refractivity (Wildman–Crippen MR) is 125 cm³/mol. The van der Waals surface area contributed by atoms with E-state index in [9.17, 15) is 9.59 Å². The third-order valence-corrected chi connectivity index (χ3v) is 6.06. The smallest absolute Gasteiger partial charge is 0.258 e. The number of piperidine rings is 1. The van der Waals surface area contributed by atoms with Crippen molar-refractivity contribution in [1.82, 2.24) is 19.4 Å². The first-order valence-corrected chi connectivity index (χ1v) is 12.0. The average Bonchev–Trinajstić information content (AvgIpc) is 3.18. The van der Waals surface area contributed by atoms with Gasteiger partial charge in [-0.3, -0.25) is 19.5 Å². The molecule has 1 aliphatic heterocycles. The van der Waals surface area contributed by atoms with E-state index in [-0.39, 0.29) is 11.8 Å². The van der Waals surface area contributed by atoms with Crippen molar-refractivity contribution in [2.45, 2.75) is 25.8 Å². The quantitative estimate of drug-likeness (QED) is 0.619. The minimum atomic E-state index is -0.354. The SMILES string of the molecule is CSCCn1c(NC(=O)c2cccc(C#N)c2)nc2cc(C(=O)N3CCCCC3)cnc21. The Balaban J connectivity index is 1.65. The lowest BCUT2D eigenvalue weighted by molar-refractivity contribution is 0.0724. The molecule has 0 spiro atoms. The number of carbonyl (C=O) groups is 2. The number of carbonyl (C=O) groups excluding carboxylic acids is 2. The van der Waals surface area contributed by atoms with Crippen LogP contribution >= 0.6 is 11.8 Å². The fourth-order valence-electron chi connectivity index (χ4n) is 3.80. The summed E-state index contributed by atoms with van der Waals surface area (Å²) in [6.45, 7) is 2.14. The average molecular weight is 449 g/mol. The van der Waals surface area contributed by atoms with Gasteiger partial charge in [0.05, 0.1) is 17.2 Å². The summed E-state index contributed by atoms with van der Waals surface area (Å²) >= 11 is 1.68. The van der Waals surface area contributed by atoms with Gasteiger partial charge >= 0.3 is 0 Å². The molecule has 3 heterocycles. The Hall–Kier alpha value is -3.38. The summed E-state index contributed by atoms with van der Waals surface area (Å²) in [6.07, 6.45) is 6.80. The molecule has 0 unspecified atom stereocenters. The summed E-state index contributed by atoms with van der Waals surface area (Å²) in [5, 5.41) is 11.9. The monoisotopic (exact) mass is 448 g/mol. The van der Waals surface area contributed by atoms with E-state index in [4.69, 9.17) is 5.26 Å². The molecule has 3 aromatic rings. The van der Waals surface area contributed by atoms with Gasteiger partial charge in [0.15, 0.2) is 5.65 Å². The molecule has 8 nitrogen and oxygen atoms in total. The normalized spacial score (nSPS) is 13.7. The van der Waals surface area contributed by atoms with Crippen LogP contribution in [0.4, 0.5) is 5.95 Å². The first-order chi connectivity index (χ1) is 15.6. The van der Waals surface area contributed by atoms with Gasteiger partial charge in [-0.05, 0) is 49.8 Å². The number of aryl methyl sites for hydroxylation is 1. The van der Waals surface area contributed by atoms with Crippen molar-refractivity contribution in [1.29, 1.82) is 5.26 Å². The molecule has 1 saturated heterocycles. The number of hydrogen-bond acceptors (Lipinski definition) is 6. The van der Waals surface area contributed by atoms with Gasteiger partial charge in [0.1, 0.15) is 5.52 Å². The predicted octanol–water partition coefficient (Wildman–Crippen LogP) is 3.54. The van der Waals surface area contributed by atoms with Crippen molar-refractivity contribution < 1.29 is 9.59 Å². The van der Waals surface area contributed by atoms with Crippen LogP contribution in [0, 0.1) is 11.3 Å². The highest BCUT2D eigenvalue weighted by molar-refractivity contribution is 7.98. The summed E-state index contributed by atoms with van der Waals surface area (Å²) in [6, 6.07) is 10.3. The number of rotatable bonds is 6. The molecule has 1 aromatic carbocycles. The molecule has 2 aromatic heterocycles. The maximum Gasteiger partial charge on any atom is 0.258 e. The molecule has 32 heavy (non-hydrogen) atoms. The summed E-state index contributed by atoms with van der Waals surface area (Å²) < 4.78 is 1.85. The van der Waals surface area contributed by atoms with Crippen LogP contribution in [0.2, 0.25) is 0 Å². The highest BCUT2D eigenvalue weighted by Crippen LogP contribution is 2.22.